The van der Waals surface area contributed by atoms with Gasteiger partial charge >= 0.3 is 0 Å². The molecule has 9 aromatic rings. The molecule has 3 heterocycles. The molecule has 3 heteroatoms. The molecular weight excluding hydrogens is 565 g/mol. The summed E-state index contributed by atoms with van der Waals surface area (Å²) < 4.78 is 5.12. The lowest BCUT2D eigenvalue weighted by atomic mass is 9.94. The predicted molar refractivity (Wildman–Crippen MR) is 193 cm³/mol. The van der Waals surface area contributed by atoms with E-state index in [1.807, 2.05) is 11.3 Å². The van der Waals surface area contributed by atoms with Crippen LogP contribution in [0.25, 0.3) is 69.9 Å². The molecule has 0 fully saturated rings. The molecule has 0 saturated heterocycles. The van der Waals surface area contributed by atoms with Gasteiger partial charge in [-0.15, -0.1) is 11.3 Å². The molecule has 1 aliphatic heterocycles. The van der Waals surface area contributed by atoms with E-state index in [1.165, 1.54) is 81.3 Å². The van der Waals surface area contributed by atoms with Gasteiger partial charge in [-0.05, 0) is 59.7 Å². The van der Waals surface area contributed by atoms with Crippen LogP contribution in [0.4, 0.5) is 17.1 Å². The van der Waals surface area contributed by atoms with Gasteiger partial charge in [0, 0.05) is 43.1 Å². The molecule has 0 N–H and O–H groups in total. The Labute approximate surface area is 264 Å². The number of hydrogen-bond acceptors (Lipinski definition) is 2. The van der Waals surface area contributed by atoms with E-state index in [4.69, 9.17) is 0 Å². The van der Waals surface area contributed by atoms with Crippen molar-refractivity contribution >= 4 is 70.4 Å². The number of aromatic nitrogens is 1. The summed E-state index contributed by atoms with van der Waals surface area (Å²) in [5, 5.41) is 5.15. The first-order valence-electron chi connectivity index (χ1n) is 15.4. The Bertz CT molecular complexity index is 2610. The van der Waals surface area contributed by atoms with Gasteiger partial charge in [-0.2, -0.15) is 0 Å². The number of para-hydroxylation sites is 3. The number of fused-ring (bicyclic) bond motifs is 11. The Morgan fingerprint density at radius 1 is 0.378 bits per heavy atom. The third-order valence-electron chi connectivity index (χ3n) is 9.32. The van der Waals surface area contributed by atoms with Crippen molar-refractivity contribution in [3.63, 3.8) is 0 Å². The van der Waals surface area contributed by atoms with Crippen molar-refractivity contribution in [2.24, 2.45) is 0 Å². The van der Waals surface area contributed by atoms with Crippen LogP contribution in [0.1, 0.15) is 0 Å². The highest BCUT2D eigenvalue weighted by molar-refractivity contribution is 7.26. The first-order chi connectivity index (χ1) is 22.3. The molecule has 2 nitrogen and oxygen atoms in total. The monoisotopic (exact) mass is 590 g/mol. The molecule has 0 aliphatic carbocycles. The molecule has 0 unspecified atom stereocenters. The number of nitrogens with zero attached hydrogens (tertiary/aromatic N) is 2. The van der Waals surface area contributed by atoms with E-state index in [2.05, 4.69) is 167 Å². The second-order valence-electron chi connectivity index (χ2n) is 11.7. The fourth-order valence-electron chi connectivity index (χ4n) is 7.41. The maximum Gasteiger partial charge on any atom is 0.0640 e. The van der Waals surface area contributed by atoms with E-state index < -0.39 is 0 Å². The van der Waals surface area contributed by atoms with Gasteiger partial charge in [-0.3, -0.25) is 0 Å². The normalized spacial score (nSPS) is 12.4. The Balaban J connectivity index is 1.38. The molecule has 210 valence electrons. The van der Waals surface area contributed by atoms with Gasteiger partial charge in [0.2, 0.25) is 0 Å². The lowest BCUT2D eigenvalue weighted by Crippen LogP contribution is -2.11. The second-order valence-corrected chi connectivity index (χ2v) is 12.8. The zero-order chi connectivity index (χ0) is 29.5. The summed E-state index contributed by atoms with van der Waals surface area (Å²) in [6, 6.07) is 57.8. The minimum atomic E-state index is 1.15. The van der Waals surface area contributed by atoms with Crippen LogP contribution in [0, 0.1) is 0 Å². The number of benzene rings is 7. The summed E-state index contributed by atoms with van der Waals surface area (Å²) in [6.07, 6.45) is 0. The van der Waals surface area contributed by atoms with E-state index in [9.17, 15) is 0 Å². The summed E-state index contributed by atoms with van der Waals surface area (Å²) in [4.78, 5) is 2.45. The van der Waals surface area contributed by atoms with Crippen molar-refractivity contribution in [1.29, 1.82) is 0 Å². The Hall–Kier alpha value is -5.64. The van der Waals surface area contributed by atoms with Crippen molar-refractivity contribution < 1.29 is 0 Å². The Kier molecular flexibility index (Phi) is 5.19. The molecule has 45 heavy (non-hydrogen) atoms. The Morgan fingerprint density at radius 2 is 1.02 bits per heavy atom. The number of anilines is 3. The van der Waals surface area contributed by atoms with Gasteiger partial charge in [0.15, 0.2) is 0 Å². The van der Waals surface area contributed by atoms with Crippen LogP contribution >= 0.6 is 11.3 Å². The lowest BCUT2D eigenvalue weighted by Gasteiger charge is -2.27. The lowest BCUT2D eigenvalue weighted by molar-refractivity contribution is 1.20. The second kappa shape index (κ2) is 9.43. The quantitative estimate of drug-likeness (QED) is 0.194. The van der Waals surface area contributed by atoms with Gasteiger partial charge < -0.3 is 9.47 Å². The van der Waals surface area contributed by atoms with Crippen LogP contribution in [0.15, 0.2) is 158 Å². The first kappa shape index (κ1) is 24.8. The summed E-state index contributed by atoms with van der Waals surface area (Å²) >= 11 is 1.88. The molecule has 0 atom stereocenters. The summed E-state index contributed by atoms with van der Waals surface area (Å²) in [7, 11) is 0. The van der Waals surface area contributed by atoms with Crippen molar-refractivity contribution in [1.82, 2.24) is 4.57 Å². The van der Waals surface area contributed by atoms with Crippen molar-refractivity contribution in [2.75, 3.05) is 4.90 Å². The van der Waals surface area contributed by atoms with Crippen molar-refractivity contribution in [3.05, 3.63) is 158 Å². The standard InChI is InChI=1S/C42H26N2S/c1-2-13-27(14-3-1)43-36-21-9-6-17-30(36)28-15-4-5-16-29(28)34-25-35-31-18-7-10-22-37(31)44(40(35)26-39(34)43)38-23-12-20-33-32-19-8-11-24-41(32)45-42(33)38/h1-26H. The average molecular weight is 591 g/mol. The van der Waals surface area contributed by atoms with Gasteiger partial charge in [-0.25, -0.2) is 0 Å². The van der Waals surface area contributed by atoms with E-state index in [0.717, 1.165) is 5.69 Å². The fourth-order valence-corrected chi connectivity index (χ4v) is 8.61. The van der Waals surface area contributed by atoms with Gasteiger partial charge in [0.1, 0.15) is 0 Å². The van der Waals surface area contributed by atoms with E-state index >= 15 is 0 Å². The smallest absolute Gasteiger partial charge is 0.0640 e. The third kappa shape index (κ3) is 3.50. The predicted octanol–water partition coefficient (Wildman–Crippen LogP) is 12.3. The largest absolute Gasteiger partial charge is 0.309 e. The van der Waals surface area contributed by atoms with Crippen LogP contribution in [0.3, 0.4) is 0 Å². The summed E-state index contributed by atoms with van der Waals surface area (Å²) in [5.41, 5.74) is 12.1. The number of thiophene rings is 1. The van der Waals surface area contributed by atoms with Crippen LogP contribution in [0.2, 0.25) is 0 Å². The Morgan fingerprint density at radius 3 is 1.89 bits per heavy atom. The zero-order valence-corrected chi connectivity index (χ0v) is 25.1. The SMILES string of the molecule is c1ccc(N2c3ccccc3-c3ccccc3-c3cc4c5ccccc5n(-c5cccc6c5sc5ccccc56)c4cc32)cc1. The highest BCUT2D eigenvalue weighted by Crippen LogP contribution is 2.52. The minimum absolute atomic E-state index is 1.15. The van der Waals surface area contributed by atoms with Crippen LogP contribution < -0.4 is 4.90 Å². The van der Waals surface area contributed by atoms with Gasteiger partial charge in [0.05, 0.1) is 32.8 Å². The topological polar surface area (TPSA) is 8.17 Å². The van der Waals surface area contributed by atoms with Gasteiger partial charge in [-0.1, -0.05) is 109 Å². The molecule has 0 amide bonds. The minimum Gasteiger partial charge on any atom is -0.309 e. The fraction of sp³-hybridized carbons (Fsp3) is 0. The maximum absolute atomic E-state index is 2.49. The molecule has 2 aromatic heterocycles. The molecule has 7 aromatic carbocycles. The van der Waals surface area contributed by atoms with Gasteiger partial charge in [0.25, 0.3) is 0 Å². The highest BCUT2D eigenvalue weighted by atomic mass is 32.1. The van der Waals surface area contributed by atoms with E-state index in [-0.39, 0.29) is 0 Å². The van der Waals surface area contributed by atoms with Crippen LogP contribution in [0.5, 0.6) is 0 Å². The summed E-state index contributed by atoms with van der Waals surface area (Å²) in [6.45, 7) is 0. The number of hydrogen-bond donors (Lipinski definition) is 0. The third-order valence-corrected chi connectivity index (χ3v) is 10.5. The van der Waals surface area contributed by atoms with E-state index in [0.29, 0.717) is 0 Å². The summed E-state index contributed by atoms with van der Waals surface area (Å²) in [5.74, 6) is 0. The van der Waals surface area contributed by atoms with Crippen molar-refractivity contribution in [2.45, 2.75) is 0 Å². The van der Waals surface area contributed by atoms with E-state index in [1.54, 1.807) is 0 Å². The molecule has 0 bridgehead atoms. The molecule has 0 saturated carbocycles. The first-order valence-corrected chi connectivity index (χ1v) is 16.2. The van der Waals surface area contributed by atoms with Crippen molar-refractivity contribution in [3.8, 4) is 27.9 Å². The number of rotatable bonds is 2. The molecule has 1 aliphatic rings. The maximum atomic E-state index is 2.49. The molecular formula is C42H26N2S. The van der Waals surface area contributed by atoms with Crippen LogP contribution in [-0.4, -0.2) is 4.57 Å². The highest BCUT2D eigenvalue weighted by Gasteiger charge is 2.28. The molecule has 0 radical (unpaired) electrons. The molecule has 0 spiro atoms. The molecule has 10 rings (SSSR count). The average Bonchev–Trinajstić information content (AvgIpc) is 3.61. The zero-order valence-electron chi connectivity index (χ0n) is 24.3. The van der Waals surface area contributed by atoms with Crippen LogP contribution in [-0.2, 0) is 0 Å².